The predicted octanol–water partition coefficient (Wildman–Crippen LogP) is 3.06. The number of hydrogen-bond acceptors (Lipinski definition) is 3. The summed E-state index contributed by atoms with van der Waals surface area (Å²) >= 11 is 5.07. The summed E-state index contributed by atoms with van der Waals surface area (Å²) in [7, 11) is 1.75. The summed E-state index contributed by atoms with van der Waals surface area (Å²) in [5, 5.41) is 10.9. The van der Waals surface area contributed by atoms with Crippen molar-refractivity contribution in [2.24, 2.45) is 5.92 Å². The average Bonchev–Trinajstić information content (AvgIpc) is 2.73. The summed E-state index contributed by atoms with van der Waals surface area (Å²) < 4.78 is 1.08. The fraction of sp³-hybridized carbons (Fsp3) is 0.500. The van der Waals surface area contributed by atoms with Gasteiger partial charge >= 0.3 is 0 Å². The number of nitrogens with zero attached hydrogens (tertiary/aromatic N) is 2. The van der Waals surface area contributed by atoms with Crippen LogP contribution in [-0.4, -0.2) is 24.4 Å². The van der Waals surface area contributed by atoms with E-state index >= 15 is 0 Å². The first-order valence-corrected chi connectivity index (χ1v) is 7.13. The summed E-state index contributed by atoms with van der Waals surface area (Å²) in [5.41, 5.74) is 0. The van der Waals surface area contributed by atoms with E-state index in [4.69, 9.17) is 5.26 Å². The van der Waals surface area contributed by atoms with Crippen LogP contribution in [-0.2, 0) is 11.2 Å². The molecule has 0 aliphatic heterocycles. The van der Waals surface area contributed by atoms with Gasteiger partial charge in [-0.25, -0.2) is 0 Å². The Morgan fingerprint density at radius 1 is 1.71 bits per heavy atom. The van der Waals surface area contributed by atoms with Crippen molar-refractivity contribution in [2.45, 2.75) is 19.8 Å². The average molecular weight is 315 g/mol. The molecule has 1 atom stereocenters. The lowest BCUT2D eigenvalue weighted by Gasteiger charge is -2.18. The molecule has 1 amide bonds. The molecule has 0 N–H and O–H groups in total. The highest BCUT2D eigenvalue weighted by molar-refractivity contribution is 9.10. The van der Waals surface area contributed by atoms with Crippen molar-refractivity contribution in [3.05, 3.63) is 20.8 Å². The molecule has 1 aromatic rings. The Hall–Kier alpha value is -0.860. The van der Waals surface area contributed by atoms with Crippen molar-refractivity contribution in [3.63, 3.8) is 0 Å². The van der Waals surface area contributed by atoms with Crippen LogP contribution in [0.15, 0.2) is 15.9 Å². The van der Waals surface area contributed by atoms with E-state index in [1.54, 1.807) is 23.3 Å². The van der Waals surface area contributed by atoms with Crippen LogP contribution in [0.3, 0.4) is 0 Å². The Bertz CT molecular complexity index is 424. The van der Waals surface area contributed by atoms with Gasteiger partial charge in [-0.3, -0.25) is 4.79 Å². The maximum absolute atomic E-state index is 11.8. The number of halogens is 1. The summed E-state index contributed by atoms with van der Waals surface area (Å²) in [4.78, 5) is 14.7. The molecule has 1 unspecified atom stereocenters. The van der Waals surface area contributed by atoms with Crippen LogP contribution in [0.4, 0.5) is 0 Å². The minimum atomic E-state index is -0.505. The molecule has 5 heteroatoms. The van der Waals surface area contributed by atoms with Crippen molar-refractivity contribution < 1.29 is 4.79 Å². The second-order valence-electron chi connectivity index (χ2n) is 3.83. The molecule has 0 saturated heterocycles. The number of carbonyl (C=O) groups is 1. The minimum Gasteiger partial charge on any atom is -0.344 e. The molecule has 1 aromatic heterocycles. The highest BCUT2D eigenvalue weighted by atomic mass is 79.9. The van der Waals surface area contributed by atoms with Crippen molar-refractivity contribution in [1.82, 2.24) is 4.90 Å². The van der Waals surface area contributed by atoms with Gasteiger partial charge in [0.15, 0.2) is 0 Å². The Morgan fingerprint density at radius 3 is 2.88 bits per heavy atom. The number of thiophene rings is 1. The zero-order valence-electron chi connectivity index (χ0n) is 9.94. The molecule has 0 radical (unpaired) electrons. The molecule has 0 aromatic carbocycles. The third kappa shape index (κ3) is 4.14. The van der Waals surface area contributed by atoms with Crippen LogP contribution < -0.4 is 0 Å². The van der Waals surface area contributed by atoms with E-state index in [2.05, 4.69) is 22.0 Å². The topological polar surface area (TPSA) is 44.1 Å². The number of rotatable bonds is 5. The van der Waals surface area contributed by atoms with E-state index in [9.17, 15) is 4.79 Å². The van der Waals surface area contributed by atoms with E-state index in [-0.39, 0.29) is 5.91 Å². The van der Waals surface area contributed by atoms with Crippen LogP contribution in [0.25, 0.3) is 0 Å². The molecule has 0 saturated carbocycles. The molecule has 0 aliphatic rings. The van der Waals surface area contributed by atoms with Gasteiger partial charge in [0, 0.05) is 28.3 Å². The van der Waals surface area contributed by atoms with Crippen LogP contribution in [0.2, 0.25) is 0 Å². The summed E-state index contributed by atoms with van der Waals surface area (Å²) in [6.45, 7) is 2.51. The Morgan fingerprint density at radius 2 is 2.41 bits per heavy atom. The number of nitriles is 1. The monoisotopic (exact) mass is 314 g/mol. The van der Waals surface area contributed by atoms with Gasteiger partial charge in [0.25, 0.3) is 0 Å². The van der Waals surface area contributed by atoms with Crippen LogP contribution in [0.1, 0.15) is 18.2 Å². The lowest BCUT2D eigenvalue weighted by Crippen LogP contribution is -2.33. The van der Waals surface area contributed by atoms with Gasteiger partial charge in [0.1, 0.15) is 5.92 Å². The first-order chi connectivity index (χ1) is 8.08. The van der Waals surface area contributed by atoms with Gasteiger partial charge in [-0.2, -0.15) is 5.26 Å². The van der Waals surface area contributed by atoms with Crippen molar-refractivity contribution >= 4 is 33.2 Å². The summed E-state index contributed by atoms with van der Waals surface area (Å²) in [6.07, 6.45) is 1.41. The molecule has 0 spiro atoms. The SMILES string of the molecule is CCC(C#N)C(=O)N(C)CCc1cc(Br)cs1. The first-order valence-electron chi connectivity index (χ1n) is 5.46. The maximum Gasteiger partial charge on any atom is 0.239 e. The van der Waals surface area contributed by atoms with E-state index in [0.29, 0.717) is 13.0 Å². The Labute approximate surface area is 114 Å². The van der Waals surface area contributed by atoms with Gasteiger partial charge in [-0.1, -0.05) is 6.92 Å². The highest BCUT2D eigenvalue weighted by Crippen LogP contribution is 2.20. The van der Waals surface area contributed by atoms with Crippen LogP contribution in [0, 0.1) is 17.2 Å². The van der Waals surface area contributed by atoms with Gasteiger partial charge in [0.2, 0.25) is 5.91 Å². The molecule has 92 valence electrons. The van der Waals surface area contributed by atoms with E-state index in [0.717, 1.165) is 10.9 Å². The maximum atomic E-state index is 11.8. The molecular formula is C12H15BrN2OS. The molecule has 3 nitrogen and oxygen atoms in total. The fourth-order valence-corrected chi connectivity index (χ4v) is 2.90. The zero-order chi connectivity index (χ0) is 12.8. The normalized spacial score (nSPS) is 11.9. The molecule has 0 fully saturated rings. The lowest BCUT2D eigenvalue weighted by atomic mass is 10.1. The molecule has 0 aliphatic carbocycles. The molecule has 1 rings (SSSR count). The third-order valence-electron chi connectivity index (χ3n) is 2.55. The zero-order valence-corrected chi connectivity index (χ0v) is 12.3. The van der Waals surface area contributed by atoms with Crippen LogP contribution >= 0.6 is 27.3 Å². The Balaban J connectivity index is 2.47. The molecule has 17 heavy (non-hydrogen) atoms. The molecular weight excluding hydrogens is 300 g/mol. The van der Waals surface area contributed by atoms with Crippen molar-refractivity contribution in [3.8, 4) is 6.07 Å². The number of amides is 1. The largest absolute Gasteiger partial charge is 0.344 e. The quantitative estimate of drug-likeness (QED) is 0.838. The summed E-state index contributed by atoms with van der Waals surface area (Å²) in [6, 6.07) is 4.10. The fourth-order valence-electron chi connectivity index (χ4n) is 1.46. The van der Waals surface area contributed by atoms with Gasteiger partial charge in [0.05, 0.1) is 6.07 Å². The van der Waals surface area contributed by atoms with E-state index < -0.39 is 5.92 Å². The van der Waals surface area contributed by atoms with Crippen molar-refractivity contribution in [1.29, 1.82) is 5.26 Å². The molecule has 0 bridgehead atoms. The van der Waals surface area contributed by atoms with Gasteiger partial charge < -0.3 is 4.90 Å². The van der Waals surface area contributed by atoms with E-state index in [1.165, 1.54) is 4.88 Å². The smallest absolute Gasteiger partial charge is 0.239 e. The predicted molar refractivity (Wildman–Crippen MR) is 72.8 cm³/mol. The summed E-state index contributed by atoms with van der Waals surface area (Å²) in [5.74, 6) is -0.583. The highest BCUT2D eigenvalue weighted by Gasteiger charge is 2.19. The van der Waals surface area contributed by atoms with Gasteiger partial charge in [-0.15, -0.1) is 11.3 Å². The molecule has 1 heterocycles. The minimum absolute atomic E-state index is 0.0781. The number of likely N-dealkylation sites (N-methyl/N-ethyl adjacent to an activating group) is 1. The van der Waals surface area contributed by atoms with E-state index in [1.807, 2.05) is 18.4 Å². The van der Waals surface area contributed by atoms with Crippen LogP contribution in [0.5, 0.6) is 0 Å². The lowest BCUT2D eigenvalue weighted by molar-refractivity contribution is -0.132. The first kappa shape index (κ1) is 14.2. The third-order valence-corrected chi connectivity index (χ3v) is 4.31. The number of hydrogen-bond donors (Lipinski definition) is 0. The number of carbonyl (C=O) groups excluding carboxylic acids is 1. The second-order valence-corrected chi connectivity index (χ2v) is 5.74. The second kappa shape index (κ2) is 6.77. The standard InChI is InChI=1S/C12H15BrN2OS/c1-3-9(7-14)12(16)15(2)5-4-11-6-10(13)8-17-11/h6,8-9H,3-5H2,1-2H3. The van der Waals surface area contributed by atoms with Gasteiger partial charge in [-0.05, 0) is 34.8 Å². The Kier molecular flexibility index (Phi) is 5.66. The van der Waals surface area contributed by atoms with Crippen molar-refractivity contribution in [2.75, 3.05) is 13.6 Å².